The van der Waals surface area contributed by atoms with Crippen LogP contribution < -0.4 is 0 Å². The first-order valence-electron chi connectivity index (χ1n) is 6.20. The molecule has 0 spiro atoms. The van der Waals surface area contributed by atoms with Gasteiger partial charge in [0.2, 0.25) is 0 Å². The van der Waals surface area contributed by atoms with E-state index in [1.54, 1.807) is 6.20 Å². The van der Waals surface area contributed by atoms with E-state index in [9.17, 15) is 5.26 Å². The molecule has 0 radical (unpaired) electrons. The van der Waals surface area contributed by atoms with Crippen LogP contribution in [0.2, 0.25) is 5.15 Å². The van der Waals surface area contributed by atoms with Crippen molar-refractivity contribution in [1.29, 1.82) is 5.26 Å². The van der Waals surface area contributed by atoms with Gasteiger partial charge in [0, 0.05) is 11.8 Å². The number of nitrogens with zero attached hydrogens (tertiary/aromatic N) is 2. The van der Waals surface area contributed by atoms with E-state index in [0.717, 1.165) is 16.7 Å². The highest BCUT2D eigenvalue weighted by atomic mass is 35.5. The molecule has 0 N–H and O–H groups in total. The van der Waals surface area contributed by atoms with Crippen LogP contribution in [0.3, 0.4) is 0 Å². The molecule has 2 nitrogen and oxygen atoms in total. The Morgan fingerprint density at radius 1 is 1.21 bits per heavy atom. The summed E-state index contributed by atoms with van der Waals surface area (Å²) in [4.78, 5) is 4.12. The number of nitriles is 1. The SMILES string of the molecule is Cc1ccc(-c2c(C(C)C)cnc(Cl)c2C#N)cc1. The van der Waals surface area contributed by atoms with Crippen molar-refractivity contribution in [3.8, 4) is 17.2 Å². The molecule has 0 aliphatic carbocycles. The second-order valence-electron chi connectivity index (χ2n) is 4.89. The number of hydrogen-bond donors (Lipinski definition) is 0. The zero-order valence-corrected chi connectivity index (χ0v) is 12.0. The Balaban J connectivity index is 2.75. The van der Waals surface area contributed by atoms with Gasteiger partial charge in [0.15, 0.2) is 0 Å². The molecule has 0 amide bonds. The minimum absolute atomic E-state index is 0.266. The van der Waals surface area contributed by atoms with E-state index in [2.05, 4.69) is 24.9 Å². The maximum Gasteiger partial charge on any atom is 0.147 e. The third-order valence-corrected chi connectivity index (χ3v) is 3.42. The topological polar surface area (TPSA) is 36.7 Å². The number of benzene rings is 1. The lowest BCUT2D eigenvalue weighted by Crippen LogP contribution is -1.99. The number of halogens is 1. The zero-order chi connectivity index (χ0) is 14.0. The van der Waals surface area contributed by atoms with Gasteiger partial charge in [-0.2, -0.15) is 5.26 Å². The van der Waals surface area contributed by atoms with E-state index < -0.39 is 0 Å². The van der Waals surface area contributed by atoms with E-state index in [-0.39, 0.29) is 11.1 Å². The van der Waals surface area contributed by atoms with Crippen molar-refractivity contribution >= 4 is 11.6 Å². The van der Waals surface area contributed by atoms with Crippen LogP contribution in [-0.2, 0) is 0 Å². The van der Waals surface area contributed by atoms with Crippen LogP contribution in [0.1, 0.15) is 36.5 Å². The summed E-state index contributed by atoms with van der Waals surface area (Å²) in [5, 5.41) is 9.61. The predicted molar refractivity (Wildman–Crippen MR) is 78.2 cm³/mol. The van der Waals surface area contributed by atoms with Crippen LogP contribution in [0.25, 0.3) is 11.1 Å². The van der Waals surface area contributed by atoms with Gasteiger partial charge >= 0.3 is 0 Å². The lowest BCUT2D eigenvalue weighted by molar-refractivity contribution is 0.860. The highest BCUT2D eigenvalue weighted by Gasteiger charge is 2.17. The van der Waals surface area contributed by atoms with Gasteiger partial charge in [-0.1, -0.05) is 55.3 Å². The maximum absolute atomic E-state index is 9.35. The third-order valence-electron chi connectivity index (χ3n) is 3.14. The summed E-state index contributed by atoms with van der Waals surface area (Å²) in [5.41, 5.74) is 4.60. The van der Waals surface area contributed by atoms with Crippen molar-refractivity contribution < 1.29 is 0 Å². The summed E-state index contributed by atoms with van der Waals surface area (Å²) >= 11 is 6.05. The van der Waals surface area contributed by atoms with Crippen LogP contribution in [0, 0.1) is 18.3 Å². The molecule has 0 fully saturated rings. The molecular formula is C16H15ClN2. The molecular weight excluding hydrogens is 256 g/mol. The van der Waals surface area contributed by atoms with Crippen molar-refractivity contribution in [3.05, 3.63) is 52.3 Å². The number of pyridine rings is 1. The molecule has 0 saturated heterocycles. The summed E-state index contributed by atoms with van der Waals surface area (Å²) in [7, 11) is 0. The molecule has 2 aromatic rings. The van der Waals surface area contributed by atoms with E-state index in [1.807, 2.05) is 31.2 Å². The fourth-order valence-corrected chi connectivity index (χ4v) is 2.26. The Morgan fingerprint density at radius 3 is 2.37 bits per heavy atom. The Bertz CT molecular complexity index is 637. The second kappa shape index (κ2) is 5.42. The number of aromatic nitrogens is 1. The van der Waals surface area contributed by atoms with Crippen molar-refractivity contribution in [2.24, 2.45) is 0 Å². The first-order chi connectivity index (χ1) is 9.04. The molecule has 1 aromatic carbocycles. The summed E-state index contributed by atoms with van der Waals surface area (Å²) in [6.45, 7) is 6.21. The summed E-state index contributed by atoms with van der Waals surface area (Å²) in [6, 6.07) is 10.3. The van der Waals surface area contributed by atoms with Crippen molar-refractivity contribution in [3.63, 3.8) is 0 Å². The molecule has 1 heterocycles. The number of aryl methyl sites for hydroxylation is 1. The van der Waals surface area contributed by atoms with Crippen LogP contribution in [0.15, 0.2) is 30.5 Å². The van der Waals surface area contributed by atoms with Crippen LogP contribution in [-0.4, -0.2) is 4.98 Å². The lowest BCUT2D eigenvalue weighted by atomic mass is 9.91. The molecule has 0 saturated carbocycles. The molecule has 0 atom stereocenters. The summed E-state index contributed by atoms with van der Waals surface area (Å²) < 4.78 is 0. The maximum atomic E-state index is 9.35. The fraction of sp³-hybridized carbons (Fsp3) is 0.250. The number of rotatable bonds is 2. The quantitative estimate of drug-likeness (QED) is 0.741. The van der Waals surface area contributed by atoms with Crippen LogP contribution >= 0.6 is 11.6 Å². The average Bonchev–Trinajstić information content (AvgIpc) is 2.39. The van der Waals surface area contributed by atoms with Gasteiger partial charge in [0.25, 0.3) is 0 Å². The van der Waals surface area contributed by atoms with Gasteiger partial charge in [-0.25, -0.2) is 4.98 Å². The standard InChI is InChI=1S/C16H15ClN2/c1-10(2)14-9-19-16(17)13(8-18)15(14)12-6-4-11(3)5-7-12/h4-7,9-10H,1-3H3. The van der Waals surface area contributed by atoms with Gasteiger partial charge in [-0.15, -0.1) is 0 Å². The summed E-state index contributed by atoms with van der Waals surface area (Å²) in [6.07, 6.45) is 1.77. The predicted octanol–water partition coefficient (Wildman–Crippen LogP) is 4.71. The van der Waals surface area contributed by atoms with Crippen molar-refractivity contribution in [2.75, 3.05) is 0 Å². The monoisotopic (exact) mass is 270 g/mol. The minimum Gasteiger partial charge on any atom is -0.243 e. The largest absolute Gasteiger partial charge is 0.243 e. The van der Waals surface area contributed by atoms with Gasteiger partial charge in [0.1, 0.15) is 11.2 Å². The van der Waals surface area contributed by atoms with Crippen molar-refractivity contribution in [2.45, 2.75) is 26.7 Å². The van der Waals surface area contributed by atoms with Crippen molar-refractivity contribution in [1.82, 2.24) is 4.98 Å². The molecule has 96 valence electrons. The lowest BCUT2D eigenvalue weighted by Gasteiger charge is -2.15. The first-order valence-corrected chi connectivity index (χ1v) is 6.58. The van der Waals surface area contributed by atoms with E-state index in [0.29, 0.717) is 5.56 Å². The fourth-order valence-electron chi connectivity index (χ4n) is 2.07. The Hall–Kier alpha value is -1.85. The molecule has 0 aliphatic rings. The van der Waals surface area contributed by atoms with Gasteiger partial charge in [-0.05, 0) is 24.0 Å². The summed E-state index contributed by atoms with van der Waals surface area (Å²) in [5.74, 6) is 0.285. The normalized spacial score (nSPS) is 10.5. The Labute approximate surface area is 118 Å². The van der Waals surface area contributed by atoms with Gasteiger partial charge in [0.05, 0.1) is 5.56 Å². The average molecular weight is 271 g/mol. The Kier molecular flexibility index (Phi) is 3.87. The molecule has 0 bridgehead atoms. The zero-order valence-electron chi connectivity index (χ0n) is 11.2. The molecule has 3 heteroatoms. The van der Waals surface area contributed by atoms with Crippen LogP contribution in [0.5, 0.6) is 0 Å². The van der Waals surface area contributed by atoms with E-state index in [1.165, 1.54) is 5.56 Å². The molecule has 0 aliphatic heterocycles. The minimum atomic E-state index is 0.266. The number of hydrogen-bond acceptors (Lipinski definition) is 2. The second-order valence-corrected chi connectivity index (χ2v) is 5.24. The Morgan fingerprint density at radius 2 is 1.84 bits per heavy atom. The molecule has 19 heavy (non-hydrogen) atoms. The van der Waals surface area contributed by atoms with Gasteiger partial charge < -0.3 is 0 Å². The highest BCUT2D eigenvalue weighted by molar-refractivity contribution is 6.31. The van der Waals surface area contributed by atoms with Gasteiger partial charge in [-0.3, -0.25) is 0 Å². The third kappa shape index (κ3) is 2.62. The van der Waals surface area contributed by atoms with Crippen LogP contribution in [0.4, 0.5) is 0 Å². The molecule has 0 unspecified atom stereocenters. The molecule has 2 rings (SSSR count). The highest BCUT2D eigenvalue weighted by Crippen LogP contribution is 2.34. The van der Waals surface area contributed by atoms with E-state index >= 15 is 0 Å². The molecule has 1 aromatic heterocycles. The van der Waals surface area contributed by atoms with E-state index in [4.69, 9.17) is 11.6 Å². The smallest absolute Gasteiger partial charge is 0.147 e. The first kappa shape index (κ1) is 13.6.